The van der Waals surface area contributed by atoms with Crippen LogP contribution in [0.15, 0.2) is 16.1 Å². The smallest absolute Gasteiger partial charge is 0.0757 e. The van der Waals surface area contributed by atoms with E-state index in [0.29, 0.717) is 11.5 Å². The van der Waals surface area contributed by atoms with Gasteiger partial charge in [-0.15, -0.1) is 0 Å². The number of fused-ring (bicyclic) bond motifs is 1. The number of hydrogen-bond acceptors (Lipinski definition) is 1. The normalized spacial score (nSPS) is 28.7. The Balaban J connectivity index is 2.40. The molecule has 1 fully saturated rings. The molecule has 1 aliphatic heterocycles. The highest BCUT2D eigenvalue weighted by molar-refractivity contribution is 6.04. The van der Waals surface area contributed by atoms with E-state index >= 15 is 0 Å². The minimum Gasteiger partial charge on any atom is -0.282 e. The van der Waals surface area contributed by atoms with Crippen LogP contribution in [0.3, 0.4) is 0 Å². The van der Waals surface area contributed by atoms with Crippen LogP contribution in [-0.4, -0.2) is 11.8 Å². The van der Waals surface area contributed by atoms with Crippen LogP contribution in [0.4, 0.5) is 0 Å². The molecule has 1 atom stereocenters. The van der Waals surface area contributed by atoms with Crippen LogP contribution in [0.25, 0.3) is 0 Å². The summed E-state index contributed by atoms with van der Waals surface area (Å²) in [5.74, 6) is 0. The molecule has 1 unspecified atom stereocenters. The summed E-state index contributed by atoms with van der Waals surface area (Å²) in [5, 5.41) is 0. The summed E-state index contributed by atoms with van der Waals surface area (Å²) < 4.78 is 0. The lowest BCUT2D eigenvalue weighted by molar-refractivity contribution is 0.523. The molecular weight excluding hydrogens is 134 g/mol. The molecule has 1 nitrogen and oxygen atoms in total. The average molecular weight is 149 g/mol. The maximum Gasteiger partial charge on any atom is 0.0757 e. The van der Waals surface area contributed by atoms with Crippen molar-refractivity contribution < 1.29 is 0 Å². The van der Waals surface area contributed by atoms with Crippen LogP contribution in [0.2, 0.25) is 0 Å². The molecule has 0 N–H and O–H groups in total. The van der Waals surface area contributed by atoms with E-state index < -0.39 is 0 Å². The summed E-state index contributed by atoms with van der Waals surface area (Å²) in [6.45, 7) is 8.96. The van der Waals surface area contributed by atoms with Crippen LogP contribution in [0.5, 0.6) is 0 Å². The molecule has 0 saturated heterocycles. The lowest BCUT2D eigenvalue weighted by Crippen LogP contribution is -2.14. The Hall–Kier alpha value is -0.590. The predicted octanol–water partition coefficient (Wildman–Crippen LogP) is 2.58. The molecule has 1 heterocycles. The third kappa shape index (κ3) is 0.943. The van der Waals surface area contributed by atoms with E-state index in [9.17, 15) is 0 Å². The fraction of sp³-hybridized carbons (Fsp3) is 0.700. The van der Waals surface area contributed by atoms with E-state index in [0.717, 1.165) is 0 Å². The lowest BCUT2D eigenvalue weighted by atomic mass is 9.84. The fourth-order valence-corrected chi connectivity index (χ4v) is 2.10. The Morgan fingerprint density at radius 2 is 2.00 bits per heavy atom. The number of aliphatic imine (C=N–C) groups is 1. The Labute approximate surface area is 68.2 Å². The number of nitrogens with zero attached hydrogens (tertiary/aromatic N) is 1. The molecule has 0 bridgehead atoms. The second-order valence-electron chi connectivity index (χ2n) is 4.58. The fourth-order valence-electron chi connectivity index (χ4n) is 2.10. The molecule has 2 aliphatic rings. The number of hydrogen-bond donors (Lipinski definition) is 0. The average Bonchev–Trinajstić information content (AvgIpc) is 2.38. The van der Waals surface area contributed by atoms with Gasteiger partial charge in [0.2, 0.25) is 0 Å². The largest absolute Gasteiger partial charge is 0.282 e. The zero-order chi connectivity index (χ0) is 8.22. The van der Waals surface area contributed by atoms with Crippen molar-refractivity contribution in [3.05, 3.63) is 11.1 Å². The van der Waals surface area contributed by atoms with Gasteiger partial charge in [0.1, 0.15) is 0 Å². The highest BCUT2D eigenvalue weighted by Crippen LogP contribution is 2.47. The van der Waals surface area contributed by atoms with Gasteiger partial charge in [-0.05, 0) is 29.9 Å². The number of rotatable bonds is 0. The first-order chi connectivity index (χ1) is 5.00. The zero-order valence-electron chi connectivity index (χ0n) is 7.73. The molecule has 2 rings (SSSR count). The summed E-state index contributed by atoms with van der Waals surface area (Å²) in [4.78, 5) is 4.55. The first-order valence-electron chi connectivity index (χ1n) is 4.28. The van der Waals surface area contributed by atoms with Crippen LogP contribution in [-0.2, 0) is 0 Å². The van der Waals surface area contributed by atoms with Gasteiger partial charge in [0, 0.05) is 5.71 Å². The van der Waals surface area contributed by atoms with Gasteiger partial charge in [-0.2, -0.15) is 0 Å². The van der Waals surface area contributed by atoms with Gasteiger partial charge >= 0.3 is 0 Å². The molecule has 11 heavy (non-hydrogen) atoms. The molecule has 0 aromatic carbocycles. The zero-order valence-corrected chi connectivity index (χ0v) is 7.73. The highest BCUT2D eigenvalue weighted by Gasteiger charge is 2.41. The molecular formula is C10H15N. The van der Waals surface area contributed by atoms with Crippen LogP contribution < -0.4 is 0 Å². The molecule has 60 valence electrons. The van der Waals surface area contributed by atoms with Crippen LogP contribution in [0.1, 0.15) is 34.1 Å². The van der Waals surface area contributed by atoms with Gasteiger partial charge in [-0.3, -0.25) is 4.99 Å². The highest BCUT2D eigenvalue weighted by atomic mass is 14.9. The maximum absolute atomic E-state index is 4.55. The quantitative estimate of drug-likeness (QED) is 0.502. The Bertz CT molecular complexity index is 263. The van der Waals surface area contributed by atoms with Gasteiger partial charge in [0.15, 0.2) is 0 Å². The van der Waals surface area contributed by atoms with Gasteiger partial charge in [0.25, 0.3) is 0 Å². The summed E-state index contributed by atoms with van der Waals surface area (Å²) in [5.41, 5.74) is 4.73. The SMILES string of the molecule is CC1=NC2CC2=C1C(C)(C)C. The van der Waals surface area contributed by atoms with Gasteiger partial charge in [-0.25, -0.2) is 0 Å². The second kappa shape index (κ2) is 1.77. The third-order valence-electron chi connectivity index (χ3n) is 2.44. The van der Waals surface area contributed by atoms with Crippen LogP contribution >= 0.6 is 0 Å². The van der Waals surface area contributed by atoms with Crippen molar-refractivity contribution >= 4 is 5.71 Å². The van der Waals surface area contributed by atoms with Gasteiger partial charge < -0.3 is 0 Å². The molecule has 1 heteroatoms. The summed E-state index contributed by atoms with van der Waals surface area (Å²) in [6.07, 6.45) is 1.24. The summed E-state index contributed by atoms with van der Waals surface area (Å²) >= 11 is 0. The van der Waals surface area contributed by atoms with Crippen LogP contribution in [0, 0.1) is 5.41 Å². The summed E-state index contributed by atoms with van der Waals surface area (Å²) in [6, 6.07) is 0.601. The van der Waals surface area contributed by atoms with Crippen molar-refractivity contribution in [1.29, 1.82) is 0 Å². The molecule has 0 aromatic rings. The first kappa shape index (κ1) is 7.08. The minimum absolute atomic E-state index is 0.314. The third-order valence-corrected chi connectivity index (χ3v) is 2.44. The van der Waals surface area contributed by atoms with Gasteiger partial charge in [0.05, 0.1) is 6.04 Å². The van der Waals surface area contributed by atoms with E-state index in [1.54, 1.807) is 5.57 Å². The Morgan fingerprint density at radius 1 is 1.36 bits per heavy atom. The van der Waals surface area contributed by atoms with Crippen molar-refractivity contribution in [2.75, 3.05) is 0 Å². The molecule has 0 spiro atoms. The standard InChI is InChI=1S/C10H15N/c1-6-9(10(2,3)4)7-5-8(7)11-6/h8H,5H2,1-4H3. The monoisotopic (exact) mass is 149 g/mol. The summed E-state index contributed by atoms with van der Waals surface area (Å²) in [7, 11) is 0. The van der Waals surface area contributed by atoms with Crippen molar-refractivity contribution in [3.8, 4) is 0 Å². The van der Waals surface area contributed by atoms with E-state index in [1.165, 1.54) is 17.7 Å². The van der Waals surface area contributed by atoms with E-state index in [2.05, 4.69) is 32.7 Å². The van der Waals surface area contributed by atoms with Gasteiger partial charge in [-0.1, -0.05) is 20.8 Å². The van der Waals surface area contributed by atoms with Crippen molar-refractivity contribution in [3.63, 3.8) is 0 Å². The lowest BCUT2D eigenvalue weighted by Gasteiger charge is -2.21. The predicted molar refractivity (Wildman–Crippen MR) is 48.0 cm³/mol. The van der Waals surface area contributed by atoms with E-state index in [1.807, 2.05) is 0 Å². The van der Waals surface area contributed by atoms with E-state index in [-0.39, 0.29) is 0 Å². The van der Waals surface area contributed by atoms with Crippen molar-refractivity contribution in [2.24, 2.45) is 10.4 Å². The maximum atomic E-state index is 4.55. The first-order valence-corrected chi connectivity index (χ1v) is 4.28. The molecule has 1 saturated carbocycles. The Kier molecular flexibility index (Phi) is 1.14. The van der Waals surface area contributed by atoms with Crippen molar-refractivity contribution in [1.82, 2.24) is 0 Å². The van der Waals surface area contributed by atoms with E-state index in [4.69, 9.17) is 0 Å². The number of dihydropyridines is 1. The minimum atomic E-state index is 0.314. The Morgan fingerprint density at radius 3 is 2.27 bits per heavy atom. The second-order valence-corrected chi connectivity index (χ2v) is 4.58. The molecule has 1 aliphatic carbocycles. The number of allylic oxidation sites excluding steroid dienone is 1. The molecule has 0 amide bonds. The molecule has 0 radical (unpaired) electrons. The van der Waals surface area contributed by atoms with Crippen molar-refractivity contribution in [2.45, 2.75) is 40.2 Å². The molecule has 0 aromatic heterocycles. The topological polar surface area (TPSA) is 12.4 Å².